The van der Waals surface area contributed by atoms with Gasteiger partial charge in [0.05, 0.1) is 18.6 Å². The van der Waals surface area contributed by atoms with E-state index in [1.54, 1.807) is 11.6 Å². The van der Waals surface area contributed by atoms with E-state index in [9.17, 15) is 4.79 Å². The van der Waals surface area contributed by atoms with Crippen molar-refractivity contribution in [3.63, 3.8) is 0 Å². The van der Waals surface area contributed by atoms with Crippen molar-refractivity contribution in [1.82, 2.24) is 0 Å². The molecule has 0 saturated heterocycles. The molecule has 0 bridgehead atoms. The van der Waals surface area contributed by atoms with Crippen LogP contribution in [-0.2, 0) is 13.6 Å². The Morgan fingerprint density at radius 2 is 1.39 bits per heavy atom. The third-order valence-electron chi connectivity index (χ3n) is 14.0. The van der Waals surface area contributed by atoms with Gasteiger partial charge in [-0.3, -0.25) is 4.79 Å². The monoisotopic (exact) mass is 739 g/mol. The highest BCUT2D eigenvalue weighted by molar-refractivity contribution is 6.78. The summed E-state index contributed by atoms with van der Waals surface area (Å²) in [6.45, 7) is 38.5. The van der Waals surface area contributed by atoms with Crippen LogP contribution in [0.3, 0.4) is 0 Å². The van der Waals surface area contributed by atoms with Crippen molar-refractivity contribution in [1.29, 1.82) is 0 Å². The molecule has 0 aromatic heterocycles. The number of allylic oxidation sites excluding steroid dienone is 6. The average molecular weight is 739 g/mol. The minimum absolute atomic E-state index is 0.00452. The summed E-state index contributed by atoms with van der Waals surface area (Å²) >= 11 is 0. The van der Waals surface area contributed by atoms with Crippen molar-refractivity contribution in [2.75, 3.05) is 0 Å². The lowest BCUT2D eigenvalue weighted by molar-refractivity contribution is -0.136. The van der Waals surface area contributed by atoms with E-state index >= 15 is 0 Å². The van der Waals surface area contributed by atoms with Crippen LogP contribution in [0.1, 0.15) is 148 Å². The zero-order valence-corrected chi connectivity index (χ0v) is 37.4. The molecule has 3 aliphatic rings. The Morgan fingerprint density at radius 3 is 1.92 bits per heavy atom. The van der Waals surface area contributed by atoms with E-state index in [4.69, 9.17) is 20.5 Å². The molecule has 0 radical (unpaired) electrons. The summed E-state index contributed by atoms with van der Waals surface area (Å²) in [6, 6.07) is 0. The fourth-order valence-corrected chi connectivity index (χ4v) is 22.9. The summed E-state index contributed by atoms with van der Waals surface area (Å²) in [5, 5.41) is 8.96. The number of carbonyl (C=O) groups is 1. The van der Waals surface area contributed by atoms with Gasteiger partial charge in [0.15, 0.2) is 0 Å². The lowest BCUT2D eigenvalue weighted by Crippen LogP contribution is -2.54. The summed E-state index contributed by atoms with van der Waals surface area (Å²) in [6.07, 6.45) is 21.2. The lowest BCUT2D eigenvalue weighted by atomic mass is 9.61. The molecule has 51 heavy (non-hydrogen) atoms. The predicted molar refractivity (Wildman–Crippen MR) is 224 cm³/mol. The van der Waals surface area contributed by atoms with Crippen LogP contribution in [0.5, 0.6) is 0 Å². The molecule has 3 fully saturated rings. The number of carboxylic acid groups (broad SMARTS) is 1. The van der Waals surface area contributed by atoms with Crippen LogP contribution in [0.2, 0.25) is 33.2 Å². The van der Waals surface area contributed by atoms with Gasteiger partial charge in [0.2, 0.25) is 16.6 Å². The number of aliphatic carboxylic acids is 1. The van der Waals surface area contributed by atoms with Gasteiger partial charge in [-0.1, -0.05) is 146 Å². The zero-order chi connectivity index (χ0) is 38.5. The molecule has 4 nitrogen and oxygen atoms in total. The van der Waals surface area contributed by atoms with Gasteiger partial charge in [-0.05, 0) is 106 Å². The maximum Gasteiger partial charge on any atom is 0.307 e. The highest BCUT2D eigenvalue weighted by atomic mass is 28.4. The minimum atomic E-state index is -2.14. The molecule has 290 valence electrons. The Labute approximate surface area is 317 Å². The van der Waals surface area contributed by atoms with Crippen molar-refractivity contribution >= 4 is 22.6 Å². The molecule has 3 saturated carbocycles. The van der Waals surface area contributed by atoms with Crippen molar-refractivity contribution in [2.24, 2.45) is 23.2 Å². The van der Waals surface area contributed by atoms with Crippen molar-refractivity contribution in [3.05, 3.63) is 59.8 Å². The van der Waals surface area contributed by atoms with Gasteiger partial charge in [0, 0.05) is 6.42 Å². The molecule has 0 amide bonds. The van der Waals surface area contributed by atoms with Gasteiger partial charge in [-0.25, -0.2) is 0 Å². The third-order valence-corrected chi connectivity index (χ3v) is 26.2. The summed E-state index contributed by atoms with van der Waals surface area (Å²) in [4.78, 5) is 10.9. The van der Waals surface area contributed by atoms with E-state index in [1.807, 2.05) is 6.08 Å². The Kier molecular flexibility index (Phi) is 15.7. The van der Waals surface area contributed by atoms with E-state index in [-0.39, 0.29) is 24.0 Å². The van der Waals surface area contributed by atoms with Crippen LogP contribution < -0.4 is 0 Å². The number of hydrogen-bond donors (Lipinski definition) is 1. The second kappa shape index (κ2) is 18.2. The number of rotatable bonds is 16. The van der Waals surface area contributed by atoms with E-state index in [0.29, 0.717) is 51.0 Å². The first-order valence-electron chi connectivity index (χ1n) is 20.7. The van der Waals surface area contributed by atoms with Gasteiger partial charge < -0.3 is 14.0 Å². The summed E-state index contributed by atoms with van der Waals surface area (Å²) in [5.74, 6) is 0.908. The molecule has 6 atom stereocenters. The molecule has 3 rings (SSSR count). The second-order valence-electron chi connectivity index (χ2n) is 18.7. The van der Waals surface area contributed by atoms with Gasteiger partial charge in [-0.2, -0.15) is 0 Å². The molecule has 0 spiro atoms. The normalized spacial score (nSPS) is 29.1. The summed E-state index contributed by atoms with van der Waals surface area (Å²) in [7, 11) is -4.24. The van der Waals surface area contributed by atoms with E-state index in [2.05, 4.69) is 121 Å². The number of hydrogen-bond acceptors (Lipinski definition) is 3. The topological polar surface area (TPSA) is 55.8 Å². The molecule has 0 unspecified atom stereocenters. The largest absolute Gasteiger partial charge is 0.481 e. The first-order chi connectivity index (χ1) is 23.7. The van der Waals surface area contributed by atoms with Gasteiger partial charge >= 0.3 is 5.97 Å². The molecule has 0 aliphatic heterocycles. The minimum Gasteiger partial charge on any atom is -0.481 e. The molecule has 0 aromatic carbocycles. The fraction of sp³-hybridized carbons (Fsp3) is 0.756. The number of fused-ring (bicyclic) bond motifs is 1. The Hall–Kier alpha value is -1.48. The van der Waals surface area contributed by atoms with Gasteiger partial charge in [-0.15, -0.1) is 0 Å². The van der Waals surface area contributed by atoms with E-state index in [0.717, 1.165) is 12.8 Å². The number of carboxylic acids is 1. The third kappa shape index (κ3) is 9.43. The summed E-state index contributed by atoms with van der Waals surface area (Å²) < 4.78 is 15.2. The highest BCUT2D eigenvalue weighted by Crippen LogP contribution is 2.59. The van der Waals surface area contributed by atoms with Gasteiger partial charge in [0.1, 0.15) is 0 Å². The molecular formula is C45H78O4Si2. The molecule has 0 heterocycles. The lowest BCUT2D eigenvalue weighted by Gasteiger charge is -2.49. The Balaban J connectivity index is 2.00. The molecule has 1 N–H and O–H groups in total. The predicted octanol–water partition coefficient (Wildman–Crippen LogP) is 13.8. The van der Waals surface area contributed by atoms with E-state index in [1.165, 1.54) is 43.3 Å². The van der Waals surface area contributed by atoms with Crippen LogP contribution >= 0.6 is 0 Å². The van der Waals surface area contributed by atoms with E-state index < -0.39 is 22.6 Å². The van der Waals surface area contributed by atoms with Crippen molar-refractivity contribution < 1.29 is 18.8 Å². The first-order valence-corrected chi connectivity index (χ1v) is 25.0. The quantitative estimate of drug-likeness (QED) is 0.127. The smallest absolute Gasteiger partial charge is 0.307 e. The average Bonchev–Trinajstić information content (AvgIpc) is 3.38. The fourth-order valence-electron chi connectivity index (χ4n) is 11.8. The van der Waals surface area contributed by atoms with Crippen LogP contribution in [0.15, 0.2) is 59.8 Å². The second-order valence-corrected chi connectivity index (χ2v) is 29.6. The van der Waals surface area contributed by atoms with Crippen molar-refractivity contribution in [2.45, 2.75) is 194 Å². The Bertz CT molecular complexity index is 1260. The van der Waals surface area contributed by atoms with Crippen LogP contribution in [0, 0.1) is 23.2 Å². The molecule has 0 aromatic rings. The molecule has 6 heteroatoms. The first kappa shape index (κ1) is 43.9. The highest BCUT2D eigenvalue weighted by Gasteiger charge is 2.52. The van der Waals surface area contributed by atoms with Crippen LogP contribution in [-0.4, -0.2) is 39.9 Å². The Morgan fingerprint density at radius 1 is 0.843 bits per heavy atom. The summed E-state index contributed by atoms with van der Waals surface area (Å²) in [5.41, 5.74) is 7.61. The van der Waals surface area contributed by atoms with Crippen LogP contribution in [0.25, 0.3) is 0 Å². The molecule has 3 aliphatic carbocycles. The maximum absolute atomic E-state index is 10.9. The van der Waals surface area contributed by atoms with Crippen LogP contribution in [0.4, 0.5) is 0 Å². The SMILES string of the molecule is C=C1C(=CC=C2CCC[C@]3(C)[C@@H]([C@H](C)C=CC=CCC(=O)O)CC[C@@H]23)C[C@@H](O[Si](C(C)C)(C(C)C)C(C)C)C[C@@H]1O[Si](C(C)C)(C(C)C)C(C)C. The maximum atomic E-state index is 10.9. The van der Waals surface area contributed by atoms with Gasteiger partial charge in [0.25, 0.3) is 0 Å². The standard InChI is InChI=1S/C45H78O4Si2/c1-30(2)50(31(3)4,32(5)6)48-40-28-39(37(14)43(29-40)49-51(33(7)8,34(9)10)35(11)12)24-23-38-21-19-27-45(15)41(25-26-42(38)45)36(13)20-17-16-18-22-44(46)47/h16-18,20,23-24,30-36,40-43H,14,19,21-22,25-29H2,1-13,15H3,(H,46,47)/t36-,40-,41-,42+,43+,45-/m1/s1. The van der Waals surface area contributed by atoms with Crippen molar-refractivity contribution in [3.8, 4) is 0 Å². The molecular weight excluding hydrogens is 661 g/mol. The zero-order valence-electron chi connectivity index (χ0n) is 35.4.